The van der Waals surface area contributed by atoms with E-state index in [4.69, 9.17) is 14.2 Å². The number of hydrogen-bond acceptors (Lipinski definition) is 4. The first kappa shape index (κ1) is 24.4. The fourth-order valence-corrected chi connectivity index (χ4v) is 5.35. The molecule has 3 fully saturated rings. The molecule has 0 aromatic rings. The summed E-state index contributed by atoms with van der Waals surface area (Å²) in [5.74, 6) is -2.08. The summed E-state index contributed by atoms with van der Waals surface area (Å²) in [4.78, 5) is 11.6. The van der Waals surface area contributed by atoms with Crippen LogP contribution < -0.4 is 0 Å². The minimum atomic E-state index is -5.64. The van der Waals surface area contributed by atoms with Crippen molar-refractivity contribution in [3.63, 3.8) is 0 Å². The van der Waals surface area contributed by atoms with Crippen molar-refractivity contribution in [1.29, 1.82) is 0 Å². The van der Waals surface area contributed by atoms with Crippen LogP contribution in [0.1, 0.15) is 51.9 Å². The smallest absolute Gasteiger partial charge is 0.426 e. The Morgan fingerprint density at radius 3 is 2.19 bits per heavy atom. The Balaban J connectivity index is 1.79. The molecule has 5 atom stereocenters. The van der Waals surface area contributed by atoms with E-state index in [2.05, 4.69) is 6.58 Å². The molecule has 0 aromatic carbocycles. The van der Waals surface area contributed by atoms with Gasteiger partial charge in [0.2, 0.25) is 0 Å². The Morgan fingerprint density at radius 1 is 1.03 bits per heavy atom. The third-order valence-electron chi connectivity index (χ3n) is 6.80. The first-order chi connectivity index (χ1) is 14.3. The largest absolute Gasteiger partial charge is 0.462 e. The average molecular weight is 458 g/mol. The quantitative estimate of drug-likeness (QED) is 0.285. The van der Waals surface area contributed by atoms with Gasteiger partial charge in [-0.25, -0.2) is 4.79 Å². The van der Waals surface area contributed by atoms with Crippen LogP contribution in [0.25, 0.3) is 0 Å². The van der Waals surface area contributed by atoms with Gasteiger partial charge in [0.25, 0.3) is 5.60 Å². The van der Waals surface area contributed by atoms with E-state index in [-0.39, 0.29) is 49.4 Å². The molecule has 3 aliphatic rings. The number of carbonyl (C=O) groups excluding carboxylic acids is 1. The van der Waals surface area contributed by atoms with E-state index in [1.54, 1.807) is 0 Å². The summed E-state index contributed by atoms with van der Waals surface area (Å²) in [7, 11) is 0. The maximum atomic E-state index is 14.0. The zero-order valence-electron chi connectivity index (χ0n) is 17.4. The number of alkyl halides is 6. The highest BCUT2D eigenvalue weighted by molar-refractivity contribution is 5.86. The lowest BCUT2D eigenvalue weighted by atomic mass is 9.75. The lowest BCUT2D eigenvalue weighted by Gasteiger charge is -2.43. The van der Waals surface area contributed by atoms with Crippen LogP contribution in [0.15, 0.2) is 12.2 Å². The highest BCUT2D eigenvalue weighted by Crippen LogP contribution is 2.58. The molecule has 0 amide bonds. The molecule has 1 saturated heterocycles. The maximum Gasteiger partial charge on any atom is 0.426 e. The molecule has 1 heterocycles. The van der Waals surface area contributed by atoms with Crippen molar-refractivity contribution < 1.29 is 45.3 Å². The van der Waals surface area contributed by atoms with Crippen LogP contribution in [-0.4, -0.2) is 43.4 Å². The van der Waals surface area contributed by atoms with Crippen molar-refractivity contribution >= 4 is 5.97 Å². The van der Waals surface area contributed by atoms with E-state index in [0.29, 0.717) is 25.7 Å². The summed E-state index contributed by atoms with van der Waals surface area (Å²) in [5.41, 5.74) is -4.09. The zero-order chi connectivity index (χ0) is 23.0. The monoisotopic (exact) mass is 458 g/mol. The molecule has 3 rings (SSSR count). The second kappa shape index (κ2) is 8.92. The average Bonchev–Trinajstić information content (AvgIpc) is 3.24. The number of hydrogen-bond donors (Lipinski definition) is 0. The van der Waals surface area contributed by atoms with E-state index in [9.17, 15) is 31.1 Å². The Kier molecular flexibility index (Phi) is 7.01. The normalized spacial score (nSPS) is 31.6. The predicted octanol–water partition coefficient (Wildman–Crippen LogP) is 5.56. The highest BCUT2D eigenvalue weighted by Gasteiger charge is 2.74. The summed E-state index contributed by atoms with van der Waals surface area (Å²) < 4.78 is 98.9. The van der Waals surface area contributed by atoms with Crippen LogP contribution in [0.4, 0.5) is 26.3 Å². The molecule has 4 nitrogen and oxygen atoms in total. The number of fused-ring (bicyclic) bond motifs is 2. The Hall–Kier alpha value is -1.29. The van der Waals surface area contributed by atoms with Crippen molar-refractivity contribution in [2.75, 3.05) is 13.2 Å². The molecule has 31 heavy (non-hydrogen) atoms. The number of esters is 1. The molecular formula is C21H28F6O4. The van der Waals surface area contributed by atoms with Crippen LogP contribution >= 0.6 is 0 Å². The van der Waals surface area contributed by atoms with E-state index >= 15 is 0 Å². The van der Waals surface area contributed by atoms with Gasteiger partial charge in [-0.1, -0.05) is 6.58 Å². The summed E-state index contributed by atoms with van der Waals surface area (Å²) in [6.45, 7) is 4.98. The number of ether oxygens (including phenoxy) is 3. The van der Waals surface area contributed by atoms with Gasteiger partial charge in [0.15, 0.2) is 6.29 Å². The summed E-state index contributed by atoms with van der Waals surface area (Å²) in [5, 5.41) is 0. The minimum absolute atomic E-state index is 0.00981. The zero-order valence-corrected chi connectivity index (χ0v) is 17.4. The number of halogens is 6. The summed E-state index contributed by atoms with van der Waals surface area (Å²) >= 11 is 0. The third kappa shape index (κ3) is 5.05. The molecule has 2 saturated carbocycles. The van der Waals surface area contributed by atoms with Gasteiger partial charge >= 0.3 is 18.3 Å². The first-order valence-electron chi connectivity index (χ1n) is 10.6. The van der Waals surface area contributed by atoms with Crippen LogP contribution in [0.5, 0.6) is 0 Å². The van der Waals surface area contributed by atoms with E-state index in [1.165, 1.54) is 6.92 Å². The first-order valence-corrected chi connectivity index (χ1v) is 10.6. The lowest BCUT2D eigenvalue weighted by molar-refractivity contribution is -0.416. The molecule has 5 unspecified atom stereocenters. The molecule has 0 N–H and O–H groups in total. The topological polar surface area (TPSA) is 44.8 Å². The molecule has 0 spiro atoms. The second-order valence-corrected chi connectivity index (χ2v) is 9.08. The van der Waals surface area contributed by atoms with Crippen LogP contribution in [0.2, 0.25) is 0 Å². The Labute approximate surface area is 177 Å². The van der Waals surface area contributed by atoms with Crippen molar-refractivity contribution in [2.45, 2.75) is 76.1 Å². The van der Waals surface area contributed by atoms with Crippen molar-refractivity contribution in [3.8, 4) is 0 Å². The molecule has 0 radical (unpaired) electrons. The van der Waals surface area contributed by atoms with Crippen LogP contribution in [0, 0.1) is 23.7 Å². The molecule has 178 valence electrons. The fourth-order valence-electron chi connectivity index (χ4n) is 5.35. The van der Waals surface area contributed by atoms with Crippen molar-refractivity contribution in [1.82, 2.24) is 0 Å². The number of rotatable bonds is 7. The molecule has 10 heteroatoms. The van der Waals surface area contributed by atoms with Crippen molar-refractivity contribution in [2.24, 2.45) is 23.7 Å². The van der Waals surface area contributed by atoms with Gasteiger partial charge in [-0.3, -0.25) is 0 Å². The fraction of sp³-hybridized carbons (Fsp3) is 0.857. The molecule has 2 aliphatic carbocycles. The standard InChI is InChI=1S/C21H28F6O4/c1-12(2)18(28)30-11-15-8-13-7-14(16(15)9-13)10-19(20(22,23)24,21(25,26)27)31-17-5-3-4-6-29-17/h13-17H,1,3-11H2,2H3. The van der Waals surface area contributed by atoms with Gasteiger partial charge < -0.3 is 14.2 Å². The SMILES string of the molecule is C=C(C)C(=O)OCC1CC2CC(CC(OC3CCCCO3)(C(F)(F)F)C(F)(F)F)C1C2. The van der Waals surface area contributed by atoms with Gasteiger partial charge in [-0.05, 0) is 75.5 Å². The van der Waals surface area contributed by atoms with Crippen molar-refractivity contribution in [3.05, 3.63) is 12.2 Å². The van der Waals surface area contributed by atoms with E-state index < -0.39 is 42.6 Å². The van der Waals surface area contributed by atoms with Crippen LogP contribution in [-0.2, 0) is 19.0 Å². The molecule has 1 aliphatic heterocycles. The summed E-state index contributed by atoms with van der Waals surface area (Å²) in [6, 6.07) is 0. The van der Waals surface area contributed by atoms with E-state index in [0.717, 1.165) is 0 Å². The Bertz CT molecular complexity index is 654. The van der Waals surface area contributed by atoms with Gasteiger partial charge in [0.1, 0.15) is 0 Å². The molecule has 2 bridgehead atoms. The van der Waals surface area contributed by atoms with Crippen LogP contribution in [0.3, 0.4) is 0 Å². The predicted molar refractivity (Wildman–Crippen MR) is 97.7 cm³/mol. The highest BCUT2D eigenvalue weighted by atomic mass is 19.4. The summed E-state index contributed by atoms with van der Waals surface area (Å²) in [6.07, 6.45) is -11.6. The van der Waals surface area contributed by atoms with Gasteiger partial charge in [0, 0.05) is 12.2 Å². The minimum Gasteiger partial charge on any atom is -0.462 e. The maximum absolute atomic E-state index is 14.0. The Morgan fingerprint density at radius 2 is 1.68 bits per heavy atom. The second-order valence-electron chi connectivity index (χ2n) is 9.08. The third-order valence-corrected chi connectivity index (χ3v) is 6.80. The van der Waals surface area contributed by atoms with Gasteiger partial charge in [-0.2, -0.15) is 26.3 Å². The molecular weight excluding hydrogens is 430 g/mol. The van der Waals surface area contributed by atoms with E-state index in [1.807, 2.05) is 0 Å². The van der Waals surface area contributed by atoms with Gasteiger partial charge in [-0.15, -0.1) is 0 Å². The molecule has 0 aromatic heterocycles. The number of carbonyl (C=O) groups is 1. The lowest BCUT2D eigenvalue weighted by Crippen LogP contribution is -2.61. The van der Waals surface area contributed by atoms with Gasteiger partial charge in [0.05, 0.1) is 6.61 Å².